The van der Waals surface area contributed by atoms with Crippen LogP contribution in [0.15, 0.2) is 42.7 Å². The third kappa shape index (κ3) is 2.28. The van der Waals surface area contributed by atoms with E-state index in [1.165, 1.54) is 6.33 Å². The molecule has 0 radical (unpaired) electrons. The van der Waals surface area contributed by atoms with Crippen LogP contribution < -0.4 is 5.32 Å². The summed E-state index contributed by atoms with van der Waals surface area (Å²) >= 11 is 0. The fourth-order valence-corrected chi connectivity index (χ4v) is 3.00. The van der Waals surface area contributed by atoms with Crippen molar-refractivity contribution in [3.05, 3.63) is 65.1 Å². The van der Waals surface area contributed by atoms with E-state index in [2.05, 4.69) is 15.4 Å². The van der Waals surface area contributed by atoms with Gasteiger partial charge in [-0.3, -0.25) is 9.59 Å². The van der Waals surface area contributed by atoms with E-state index in [1.807, 2.05) is 18.2 Å². The Kier molecular flexibility index (Phi) is 3.15. The maximum Gasteiger partial charge on any atom is 0.251 e. The highest BCUT2D eigenvalue weighted by molar-refractivity contribution is 6.05. The molecule has 1 aliphatic rings. The molecule has 0 saturated heterocycles. The molecule has 6 nitrogen and oxygen atoms in total. The number of benzene rings is 1. The highest BCUT2D eigenvalue weighted by Crippen LogP contribution is 2.25. The minimum atomic E-state index is -0.173. The molecule has 1 aromatic carbocycles. The molecule has 0 aliphatic heterocycles. The molecule has 0 spiro atoms. The topological polar surface area (TPSA) is 76.4 Å². The van der Waals surface area contributed by atoms with Crippen LogP contribution in [-0.4, -0.2) is 26.3 Å². The van der Waals surface area contributed by atoms with Gasteiger partial charge >= 0.3 is 0 Å². The first-order valence-corrected chi connectivity index (χ1v) is 7.45. The Morgan fingerprint density at radius 2 is 2.04 bits per heavy atom. The van der Waals surface area contributed by atoms with Gasteiger partial charge in [0, 0.05) is 17.5 Å². The number of ketones is 1. The first-order valence-electron chi connectivity index (χ1n) is 7.45. The van der Waals surface area contributed by atoms with Crippen molar-refractivity contribution in [2.75, 3.05) is 0 Å². The Labute approximate surface area is 132 Å². The molecule has 23 heavy (non-hydrogen) atoms. The van der Waals surface area contributed by atoms with Gasteiger partial charge in [-0.25, -0.2) is 9.50 Å². The molecule has 0 unspecified atom stereocenters. The monoisotopic (exact) mass is 306 g/mol. The lowest BCUT2D eigenvalue weighted by Gasteiger charge is -2.09. The zero-order chi connectivity index (χ0) is 15.8. The largest absolute Gasteiger partial charge is 0.346 e. The second-order valence-electron chi connectivity index (χ2n) is 5.48. The molecular weight excluding hydrogens is 292 g/mol. The van der Waals surface area contributed by atoms with Gasteiger partial charge in [0.1, 0.15) is 6.33 Å². The number of fused-ring (bicyclic) bond motifs is 2. The van der Waals surface area contributed by atoms with Crippen molar-refractivity contribution < 1.29 is 9.59 Å². The lowest BCUT2D eigenvalue weighted by atomic mass is 10.0. The summed E-state index contributed by atoms with van der Waals surface area (Å²) in [6.07, 6.45) is 2.60. The number of pyridine rings is 1. The van der Waals surface area contributed by atoms with Crippen molar-refractivity contribution in [1.82, 2.24) is 19.9 Å². The quantitative estimate of drug-likeness (QED) is 0.800. The predicted molar refractivity (Wildman–Crippen MR) is 83.3 cm³/mol. The molecule has 0 bridgehead atoms. The average Bonchev–Trinajstić information content (AvgIpc) is 3.19. The molecule has 4 rings (SSSR count). The summed E-state index contributed by atoms with van der Waals surface area (Å²) in [7, 11) is 0. The summed E-state index contributed by atoms with van der Waals surface area (Å²) in [5.41, 5.74) is 3.70. The van der Waals surface area contributed by atoms with Gasteiger partial charge in [0.05, 0.1) is 12.2 Å². The summed E-state index contributed by atoms with van der Waals surface area (Å²) in [6, 6.07) is 10.9. The van der Waals surface area contributed by atoms with Gasteiger partial charge in [-0.15, -0.1) is 0 Å². The summed E-state index contributed by atoms with van der Waals surface area (Å²) in [4.78, 5) is 28.4. The van der Waals surface area contributed by atoms with E-state index >= 15 is 0 Å². The van der Waals surface area contributed by atoms with Crippen molar-refractivity contribution >= 4 is 17.3 Å². The van der Waals surface area contributed by atoms with Crippen LogP contribution in [0.1, 0.15) is 38.4 Å². The van der Waals surface area contributed by atoms with E-state index in [0.29, 0.717) is 30.5 Å². The summed E-state index contributed by atoms with van der Waals surface area (Å²) < 4.78 is 1.69. The smallest absolute Gasteiger partial charge is 0.251 e. The number of carbonyl (C=O) groups excluding carboxylic acids is 2. The molecule has 1 N–H and O–H groups in total. The van der Waals surface area contributed by atoms with Gasteiger partial charge in [0.25, 0.3) is 5.91 Å². The zero-order valence-electron chi connectivity index (χ0n) is 12.3. The van der Waals surface area contributed by atoms with Crippen LogP contribution in [0.5, 0.6) is 0 Å². The Bertz CT molecular complexity index is 929. The number of hydrogen-bond acceptors (Lipinski definition) is 4. The van der Waals surface area contributed by atoms with Gasteiger partial charge in [0.2, 0.25) is 0 Å². The second-order valence-corrected chi connectivity index (χ2v) is 5.48. The van der Waals surface area contributed by atoms with Crippen molar-refractivity contribution in [2.24, 2.45) is 0 Å². The van der Waals surface area contributed by atoms with Gasteiger partial charge in [-0.2, -0.15) is 5.10 Å². The fourth-order valence-electron chi connectivity index (χ4n) is 3.00. The summed E-state index contributed by atoms with van der Waals surface area (Å²) in [6.45, 7) is 0.344. The molecule has 0 fully saturated rings. The van der Waals surface area contributed by atoms with Crippen LogP contribution in [0.4, 0.5) is 0 Å². The number of nitrogens with one attached hydrogen (secondary N) is 1. The molecule has 2 aromatic heterocycles. The minimum absolute atomic E-state index is 0.113. The molecule has 1 aliphatic carbocycles. The maximum atomic E-state index is 12.5. The van der Waals surface area contributed by atoms with E-state index in [0.717, 1.165) is 16.9 Å². The first-order chi connectivity index (χ1) is 11.2. The molecule has 114 valence electrons. The lowest BCUT2D eigenvalue weighted by Crippen LogP contribution is -2.25. The highest BCUT2D eigenvalue weighted by Gasteiger charge is 2.24. The third-order valence-corrected chi connectivity index (χ3v) is 4.13. The second kappa shape index (κ2) is 5.31. The van der Waals surface area contributed by atoms with E-state index in [1.54, 1.807) is 22.7 Å². The van der Waals surface area contributed by atoms with E-state index in [9.17, 15) is 9.59 Å². The number of amides is 1. The van der Waals surface area contributed by atoms with Gasteiger partial charge in [0.15, 0.2) is 11.4 Å². The van der Waals surface area contributed by atoms with E-state index in [-0.39, 0.29) is 11.7 Å². The van der Waals surface area contributed by atoms with Crippen LogP contribution in [0.3, 0.4) is 0 Å². The molecule has 0 atom stereocenters. The SMILES string of the molecule is O=C1CCc2c1cccc2C(=O)NCc1cccc2ncnn12. The highest BCUT2D eigenvalue weighted by atomic mass is 16.1. The van der Waals surface area contributed by atoms with Crippen molar-refractivity contribution in [3.8, 4) is 0 Å². The number of carbonyl (C=O) groups is 2. The Morgan fingerprint density at radius 3 is 2.96 bits per heavy atom. The number of rotatable bonds is 3. The van der Waals surface area contributed by atoms with Gasteiger partial charge in [-0.1, -0.05) is 18.2 Å². The van der Waals surface area contributed by atoms with Crippen LogP contribution >= 0.6 is 0 Å². The van der Waals surface area contributed by atoms with E-state index in [4.69, 9.17) is 0 Å². The summed E-state index contributed by atoms with van der Waals surface area (Å²) in [5.74, 6) is -0.0595. The van der Waals surface area contributed by atoms with E-state index < -0.39 is 0 Å². The predicted octanol–water partition coefficient (Wildman–Crippen LogP) is 1.79. The molecular formula is C17H14N4O2. The average molecular weight is 306 g/mol. The maximum absolute atomic E-state index is 12.5. The molecule has 2 heterocycles. The Morgan fingerprint density at radius 1 is 1.17 bits per heavy atom. The summed E-state index contributed by atoms with van der Waals surface area (Å²) in [5, 5.41) is 7.05. The van der Waals surface area contributed by atoms with Gasteiger partial charge < -0.3 is 5.32 Å². The van der Waals surface area contributed by atoms with Crippen molar-refractivity contribution in [3.63, 3.8) is 0 Å². The van der Waals surface area contributed by atoms with Crippen molar-refractivity contribution in [1.29, 1.82) is 0 Å². The molecule has 1 amide bonds. The first kappa shape index (κ1) is 13.6. The van der Waals surface area contributed by atoms with Crippen LogP contribution in [0.25, 0.3) is 5.65 Å². The Hall–Kier alpha value is -3.02. The van der Waals surface area contributed by atoms with Crippen LogP contribution in [0, 0.1) is 0 Å². The lowest BCUT2D eigenvalue weighted by molar-refractivity contribution is 0.0948. The number of Topliss-reactive ketones (excluding diaryl/α,β-unsaturated/α-hetero) is 1. The fraction of sp³-hybridized carbons (Fsp3) is 0.176. The normalized spacial score (nSPS) is 13.3. The molecule has 3 aromatic rings. The number of nitrogens with zero attached hydrogens (tertiary/aromatic N) is 3. The molecule has 0 saturated carbocycles. The standard InChI is InChI=1S/C17H14N4O2/c22-15-8-7-12-13(15)4-2-5-14(12)17(23)18-9-11-3-1-6-16-19-10-20-21(11)16/h1-6,10H,7-9H2,(H,18,23). The third-order valence-electron chi connectivity index (χ3n) is 4.13. The van der Waals surface area contributed by atoms with Crippen LogP contribution in [0.2, 0.25) is 0 Å². The molecule has 6 heteroatoms. The number of hydrogen-bond donors (Lipinski definition) is 1. The minimum Gasteiger partial charge on any atom is -0.346 e. The number of aromatic nitrogens is 3. The van der Waals surface area contributed by atoms with Crippen molar-refractivity contribution in [2.45, 2.75) is 19.4 Å². The Balaban J connectivity index is 1.58. The van der Waals surface area contributed by atoms with Gasteiger partial charge in [-0.05, 0) is 30.2 Å². The zero-order valence-corrected chi connectivity index (χ0v) is 12.3. The van der Waals surface area contributed by atoms with Crippen LogP contribution in [-0.2, 0) is 13.0 Å².